The van der Waals surface area contributed by atoms with Gasteiger partial charge in [-0.2, -0.15) is 0 Å². The molecule has 0 aliphatic carbocycles. The maximum absolute atomic E-state index is 13.7. The quantitative estimate of drug-likeness (QED) is 0.763. The topological polar surface area (TPSA) is 95.9 Å². The van der Waals surface area contributed by atoms with Gasteiger partial charge in [-0.05, 0) is 43.9 Å². The highest BCUT2D eigenvalue weighted by Crippen LogP contribution is 2.28. The van der Waals surface area contributed by atoms with Gasteiger partial charge < -0.3 is 20.1 Å². The molecule has 0 saturated carbocycles. The molecule has 0 spiro atoms. The third-order valence-corrected chi connectivity index (χ3v) is 5.09. The minimum atomic E-state index is -0.988. The minimum absolute atomic E-state index is 0.173. The zero-order valence-corrected chi connectivity index (χ0v) is 18.0. The number of hydrogen-bond donors (Lipinski definition) is 2. The molecular weight excluding hydrogens is 396 g/mol. The molecule has 0 saturated heterocycles. The molecule has 2 N–H and O–H groups in total. The van der Waals surface area contributed by atoms with Crippen LogP contribution in [0.2, 0.25) is 0 Å². The molecule has 0 aromatic heterocycles. The van der Waals surface area contributed by atoms with E-state index in [1.54, 1.807) is 49.9 Å². The second-order valence-corrected chi connectivity index (χ2v) is 8.68. The van der Waals surface area contributed by atoms with Gasteiger partial charge in [0.05, 0.1) is 6.42 Å². The van der Waals surface area contributed by atoms with Gasteiger partial charge in [0.25, 0.3) is 0 Å². The summed E-state index contributed by atoms with van der Waals surface area (Å²) in [7, 11) is 0. The van der Waals surface area contributed by atoms with Crippen LogP contribution in [0.1, 0.15) is 49.9 Å². The molecule has 7 nitrogen and oxygen atoms in total. The summed E-state index contributed by atoms with van der Waals surface area (Å²) in [6, 6.07) is 15.1. The number of carboxylic acids is 1. The normalized spacial score (nSPS) is 16.7. The molecule has 31 heavy (non-hydrogen) atoms. The Balaban J connectivity index is 1.92. The van der Waals surface area contributed by atoms with Crippen LogP contribution < -0.4 is 5.32 Å². The highest BCUT2D eigenvalue weighted by atomic mass is 16.6. The second kappa shape index (κ2) is 9.20. The SMILES string of the molecule is CC(C)(C)OC(=O)N[C@H](C(=O)N1Cc2ccccc2C[C@@H]1CC(=O)O)c1ccccc1. The lowest BCUT2D eigenvalue weighted by Crippen LogP contribution is -2.50. The third kappa shape index (κ3) is 5.84. The zero-order valence-electron chi connectivity index (χ0n) is 18.0. The number of fused-ring (bicyclic) bond motifs is 1. The van der Waals surface area contributed by atoms with E-state index >= 15 is 0 Å². The predicted octanol–water partition coefficient (Wildman–Crippen LogP) is 3.68. The van der Waals surface area contributed by atoms with Crippen molar-refractivity contribution >= 4 is 18.0 Å². The van der Waals surface area contributed by atoms with Gasteiger partial charge in [0, 0.05) is 12.6 Å². The molecule has 2 aromatic rings. The number of carbonyl (C=O) groups is 3. The minimum Gasteiger partial charge on any atom is -0.481 e. The van der Waals surface area contributed by atoms with Crippen LogP contribution in [0, 0.1) is 0 Å². The number of aliphatic carboxylic acids is 1. The van der Waals surface area contributed by atoms with Crippen LogP contribution in [0.5, 0.6) is 0 Å². The first-order valence-electron chi connectivity index (χ1n) is 10.3. The van der Waals surface area contributed by atoms with Crippen molar-refractivity contribution in [2.45, 2.75) is 57.8 Å². The van der Waals surface area contributed by atoms with Crippen molar-refractivity contribution < 1.29 is 24.2 Å². The fourth-order valence-electron chi connectivity index (χ4n) is 3.75. The number of alkyl carbamates (subject to hydrolysis) is 1. The summed E-state index contributed by atoms with van der Waals surface area (Å²) in [6.45, 7) is 5.52. The first kappa shape index (κ1) is 22.3. The molecule has 7 heteroatoms. The molecule has 0 bridgehead atoms. The average molecular weight is 424 g/mol. The molecule has 0 unspecified atom stereocenters. The van der Waals surface area contributed by atoms with Gasteiger partial charge in [-0.15, -0.1) is 0 Å². The molecule has 2 amide bonds. The number of carboxylic acid groups (broad SMARTS) is 1. The summed E-state index contributed by atoms with van der Waals surface area (Å²) in [5.41, 5.74) is 1.90. The predicted molar refractivity (Wildman–Crippen MR) is 115 cm³/mol. The molecule has 164 valence electrons. The number of rotatable bonds is 5. The molecule has 1 aliphatic rings. The van der Waals surface area contributed by atoms with Crippen molar-refractivity contribution in [3.05, 3.63) is 71.3 Å². The smallest absolute Gasteiger partial charge is 0.408 e. The summed E-state index contributed by atoms with van der Waals surface area (Å²) in [4.78, 5) is 39.2. The van der Waals surface area contributed by atoms with Gasteiger partial charge >= 0.3 is 12.1 Å². The maximum Gasteiger partial charge on any atom is 0.408 e. The molecule has 1 heterocycles. The number of nitrogens with zero attached hydrogens (tertiary/aromatic N) is 1. The Morgan fingerprint density at radius 3 is 2.29 bits per heavy atom. The maximum atomic E-state index is 13.7. The fraction of sp³-hybridized carbons (Fsp3) is 0.375. The first-order chi connectivity index (χ1) is 14.6. The lowest BCUT2D eigenvalue weighted by Gasteiger charge is -2.38. The Morgan fingerprint density at radius 1 is 1.06 bits per heavy atom. The molecule has 2 atom stereocenters. The summed E-state index contributed by atoms with van der Waals surface area (Å²) in [5.74, 6) is -1.34. The first-order valence-corrected chi connectivity index (χ1v) is 10.3. The van der Waals surface area contributed by atoms with Crippen molar-refractivity contribution in [2.24, 2.45) is 0 Å². The van der Waals surface area contributed by atoms with Gasteiger partial charge in [-0.25, -0.2) is 4.79 Å². The van der Waals surface area contributed by atoms with Crippen molar-refractivity contribution in [3.8, 4) is 0 Å². The number of benzene rings is 2. The average Bonchev–Trinajstić information content (AvgIpc) is 2.70. The Hall–Kier alpha value is -3.35. The number of carbonyl (C=O) groups excluding carboxylic acids is 2. The van der Waals surface area contributed by atoms with E-state index in [1.165, 1.54) is 0 Å². The molecule has 1 aliphatic heterocycles. The summed E-state index contributed by atoms with van der Waals surface area (Å²) in [6.07, 6.45) is -0.433. The van der Waals surface area contributed by atoms with E-state index in [0.29, 0.717) is 12.0 Å². The Labute approximate surface area is 182 Å². The van der Waals surface area contributed by atoms with Crippen LogP contribution in [0.15, 0.2) is 54.6 Å². The van der Waals surface area contributed by atoms with E-state index in [-0.39, 0.29) is 18.9 Å². The van der Waals surface area contributed by atoms with Gasteiger partial charge in [0.1, 0.15) is 11.6 Å². The lowest BCUT2D eigenvalue weighted by atomic mass is 9.91. The van der Waals surface area contributed by atoms with Gasteiger partial charge in [-0.3, -0.25) is 9.59 Å². The van der Waals surface area contributed by atoms with Crippen molar-refractivity contribution in [1.82, 2.24) is 10.2 Å². The summed E-state index contributed by atoms with van der Waals surface area (Å²) in [5, 5.41) is 12.1. The highest BCUT2D eigenvalue weighted by Gasteiger charge is 2.36. The molecule has 0 radical (unpaired) electrons. The third-order valence-electron chi connectivity index (χ3n) is 5.09. The standard InChI is InChI=1S/C24H28N2O5/c1-24(2,3)31-23(30)25-21(16-9-5-4-6-10-16)22(29)26-15-18-12-8-7-11-17(18)13-19(26)14-20(27)28/h4-12,19,21H,13-15H2,1-3H3,(H,25,30)(H,27,28)/t19-,21+/m1/s1. The van der Waals surface area contributed by atoms with Gasteiger partial charge in [0.2, 0.25) is 5.91 Å². The van der Waals surface area contributed by atoms with Crippen LogP contribution in [-0.4, -0.2) is 39.6 Å². The van der Waals surface area contributed by atoms with E-state index in [1.807, 2.05) is 30.3 Å². The number of nitrogens with one attached hydrogen (secondary N) is 1. The van der Waals surface area contributed by atoms with Gasteiger partial charge in [0.15, 0.2) is 0 Å². The largest absolute Gasteiger partial charge is 0.481 e. The zero-order chi connectivity index (χ0) is 22.6. The van der Waals surface area contributed by atoms with E-state index in [9.17, 15) is 19.5 Å². The number of amides is 2. The van der Waals surface area contributed by atoms with Crippen LogP contribution in [-0.2, 0) is 27.3 Å². The second-order valence-electron chi connectivity index (χ2n) is 8.68. The Kier molecular flexibility index (Phi) is 6.63. The molecule has 2 aromatic carbocycles. The monoisotopic (exact) mass is 424 g/mol. The molecular formula is C24H28N2O5. The van der Waals surface area contributed by atoms with Crippen LogP contribution in [0.3, 0.4) is 0 Å². The van der Waals surface area contributed by atoms with Gasteiger partial charge in [-0.1, -0.05) is 54.6 Å². The molecule has 3 rings (SSSR count). The van der Waals surface area contributed by atoms with Crippen molar-refractivity contribution in [1.29, 1.82) is 0 Å². The van der Waals surface area contributed by atoms with Crippen molar-refractivity contribution in [2.75, 3.05) is 0 Å². The van der Waals surface area contributed by atoms with Crippen LogP contribution in [0.25, 0.3) is 0 Å². The molecule has 0 fully saturated rings. The van der Waals surface area contributed by atoms with Crippen LogP contribution in [0.4, 0.5) is 4.79 Å². The van der Waals surface area contributed by atoms with E-state index in [0.717, 1.165) is 11.1 Å². The van der Waals surface area contributed by atoms with E-state index < -0.39 is 29.7 Å². The van der Waals surface area contributed by atoms with E-state index in [4.69, 9.17) is 4.74 Å². The highest BCUT2D eigenvalue weighted by molar-refractivity contribution is 5.88. The number of ether oxygens (including phenoxy) is 1. The lowest BCUT2D eigenvalue weighted by molar-refractivity contribution is -0.142. The summed E-state index contributed by atoms with van der Waals surface area (Å²) < 4.78 is 5.36. The van der Waals surface area contributed by atoms with Crippen molar-refractivity contribution in [3.63, 3.8) is 0 Å². The fourth-order valence-corrected chi connectivity index (χ4v) is 3.75. The Morgan fingerprint density at radius 2 is 1.68 bits per heavy atom. The van der Waals surface area contributed by atoms with E-state index in [2.05, 4.69) is 5.32 Å². The number of hydrogen-bond acceptors (Lipinski definition) is 4. The Bertz CT molecular complexity index is 952. The van der Waals surface area contributed by atoms with Crippen LogP contribution >= 0.6 is 0 Å². The summed E-state index contributed by atoms with van der Waals surface area (Å²) >= 11 is 0.